The Morgan fingerprint density at radius 3 is 2.81 bits per heavy atom. The first kappa shape index (κ1) is 16.0. The van der Waals surface area contributed by atoms with Gasteiger partial charge in [0.1, 0.15) is 5.15 Å². The molecule has 1 aromatic rings. The number of aliphatic hydroxyl groups is 1. The zero-order chi connectivity index (χ0) is 15.3. The van der Waals surface area contributed by atoms with Gasteiger partial charge in [-0.25, -0.2) is 4.98 Å². The van der Waals surface area contributed by atoms with Crippen LogP contribution in [0.5, 0.6) is 0 Å². The van der Waals surface area contributed by atoms with Crippen LogP contribution >= 0.6 is 11.6 Å². The van der Waals surface area contributed by atoms with Crippen LogP contribution < -0.4 is 0 Å². The Kier molecular flexibility index (Phi) is 5.37. The van der Waals surface area contributed by atoms with Crippen LogP contribution in [0.4, 0.5) is 0 Å². The number of nitrogens with zero attached hydrogens (tertiary/aromatic N) is 2. The quantitative estimate of drug-likeness (QED) is 0.687. The molecule has 1 aliphatic rings. The average Bonchev–Trinajstić information content (AvgIpc) is 2.53. The van der Waals surface area contributed by atoms with Gasteiger partial charge in [-0.15, -0.1) is 0 Å². The molecule has 0 radical (unpaired) electrons. The molecule has 0 aliphatic carbocycles. The smallest absolute Gasteiger partial charge is 0.246 e. The first-order chi connectivity index (χ1) is 10.1. The van der Waals surface area contributed by atoms with Crippen LogP contribution in [0.3, 0.4) is 0 Å². The van der Waals surface area contributed by atoms with E-state index in [0.717, 1.165) is 24.8 Å². The molecule has 21 heavy (non-hydrogen) atoms. The fourth-order valence-electron chi connectivity index (χ4n) is 2.62. The van der Waals surface area contributed by atoms with Crippen LogP contribution in [0.1, 0.15) is 31.7 Å². The van der Waals surface area contributed by atoms with Gasteiger partial charge in [0.25, 0.3) is 0 Å². The Morgan fingerprint density at radius 1 is 1.52 bits per heavy atom. The van der Waals surface area contributed by atoms with Crippen molar-refractivity contribution in [2.45, 2.75) is 26.2 Å². The van der Waals surface area contributed by atoms with Crippen molar-refractivity contribution in [3.05, 3.63) is 35.1 Å². The number of likely N-dealkylation sites (tertiary alicyclic amines) is 1. The highest BCUT2D eigenvalue weighted by atomic mass is 35.5. The van der Waals surface area contributed by atoms with Crippen molar-refractivity contribution >= 4 is 23.6 Å². The lowest BCUT2D eigenvalue weighted by molar-refractivity contribution is -0.128. The van der Waals surface area contributed by atoms with Crippen molar-refractivity contribution in [2.75, 3.05) is 19.7 Å². The fraction of sp³-hybridized carbons (Fsp3) is 0.500. The molecule has 1 N–H and O–H groups in total. The summed E-state index contributed by atoms with van der Waals surface area (Å²) >= 11 is 5.81. The summed E-state index contributed by atoms with van der Waals surface area (Å²) < 4.78 is 0. The van der Waals surface area contributed by atoms with Gasteiger partial charge < -0.3 is 10.0 Å². The molecule has 0 spiro atoms. The number of pyridine rings is 1. The summed E-state index contributed by atoms with van der Waals surface area (Å²) in [5.74, 6) is 0.00516. The summed E-state index contributed by atoms with van der Waals surface area (Å²) in [6.07, 6.45) is 7.62. The number of carbonyl (C=O) groups excluding carboxylic acids is 1. The van der Waals surface area contributed by atoms with Crippen LogP contribution in [0.25, 0.3) is 6.08 Å². The van der Waals surface area contributed by atoms with E-state index in [-0.39, 0.29) is 17.9 Å². The third-order valence-corrected chi connectivity index (χ3v) is 4.60. The Morgan fingerprint density at radius 2 is 2.24 bits per heavy atom. The number of aliphatic hydroxyl groups excluding tert-OH is 1. The molecule has 4 nitrogen and oxygen atoms in total. The van der Waals surface area contributed by atoms with E-state index in [4.69, 9.17) is 11.6 Å². The molecular weight excluding hydrogens is 288 g/mol. The zero-order valence-electron chi connectivity index (χ0n) is 12.3. The molecule has 1 aliphatic heterocycles. The van der Waals surface area contributed by atoms with E-state index in [1.165, 1.54) is 0 Å². The lowest BCUT2D eigenvalue weighted by atomic mass is 9.77. The second-order valence-electron chi connectivity index (χ2n) is 5.58. The van der Waals surface area contributed by atoms with E-state index >= 15 is 0 Å². The lowest BCUT2D eigenvalue weighted by Crippen LogP contribution is -2.43. The van der Waals surface area contributed by atoms with Gasteiger partial charge in [-0.3, -0.25) is 4.79 Å². The van der Waals surface area contributed by atoms with Gasteiger partial charge in [0.05, 0.1) is 0 Å². The number of halogens is 1. The Bertz CT molecular complexity index is 517. The van der Waals surface area contributed by atoms with Crippen LogP contribution in [0.2, 0.25) is 5.15 Å². The molecule has 1 aromatic heterocycles. The summed E-state index contributed by atoms with van der Waals surface area (Å²) in [5, 5.41) is 9.92. The molecule has 1 amide bonds. The second kappa shape index (κ2) is 7.05. The lowest BCUT2D eigenvalue weighted by Gasteiger charge is -2.39. The molecule has 0 atom stereocenters. The molecule has 0 bridgehead atoms. The third-order valence-electron chi connectivity index (χ3n) is 4.39. The molecule has 2 rings (SSSR count). The maximum Gasteiger partial charge on any atom is 0.246 e. The Balaban J connectivity index is 1.93. The van der Waals surface area contributed by atoms with Crippen molar-refractivity contribution in [3.8, 4) is 0 Å². The minimum atomic E-state index is -0.000874. The van der Waals surface area contributed by atoms with E-state index < -0.39 is 0 Å². The average molecular weight is 309 g/mol. The molecule has 5 heteroatoms. The topological polar surface area (TPSA) is 53.4 Å². The summed E-state index contributed by atoms with van der Waals surface area (Å²) in [4.78, 5) is 17.9. The summed E-state index contributed by atoms with van der Waals surface area (Å²) in [7, 11) is 0. The predicted octanol–water partition coefficient (Wildman–Crippen LogP) is 2.76. The molecular formula is C16H21ClN2O2. The second-order valence-corrected chi connectivity index (χ2v) is 5.97. The van der Waals surface area contributed by atoms with Crippen molar-refractivity contribution in [1.82, 2.24) is 9.88 Å². The summed E-state index contributed by atoms with van der Waals surface area (Å²) in [6, 6.07) is 3.52. The van der Waals surface area contributed by atoms with Crippen molar-refractivity contribution in [1.29, 1.82) is 0 Å². The molecule has 2 heterocycles. The van der Waals surface area contributed by atoms with Crippen LogP contribution in [0.15, 0.2) is 24.4 Å². The van der Waals surface area contributed by atoms with E-state index in [1.807, 2.05) is 4.90 Å². The SMILES string of the molecule is CCC1(CO)CCN(C(=O)/C=C/c2ccnc(Cl)c2)CC1. The van der Waals surface area contributed by atoms with Crippen molar-refractivity contribution < 1.29 is 9.90 Å². The van der Waals surface area contributed by atoms with Gasteiger partial charge in [0.15, 0.2) is 0 Å². The van der Waals surface area contributed by atoms with Gasteiger partial charge in [-0.2, -0.15) is 0 Å². The molecule has 0 unspecified atom stereocenters. The van der Waals surface area contributed by atoms with Crippen LogP contribution in [-0.4, -0.2) is 40.6 Å². The summed E-state index contributed by atoms with van der Waals surface area (Å²) in [5.41, 5.74) is 0.859. The van der Waals surface area contributed by atoms with E-state index in [9.17, 15) is 9.90 Å². The molecule has 0 aromatic carbocycles. The molecule has 114 valence electrons. The number of hydrogen-bond acceptors (Lipinski definition) is 3. The highest BCUT2D eigenvalue weighted by molar-refractivity contribution is 6.29. The number of amides is 1. The first-order valence-electron chi connectivity index (χ1n) is 7.28. The summed E-state index contributed by atoms with van der Waals surface area (Å²) in [6.45, 7) is 3.71. The number of aromatic nitrogens is 1. The minimum absolute atomic E-state index is 0.000874. The zero-order valence-corrected chi connectivity index (χ0v) is 13.0. The highest BCUT2D eigenvalue weighted by Crippen LogP contribution is 2.34. The van der Waals surface area contributed by atoms with Crippen molar-refractivity contribution in [2.24, 2.45) is 5.41 Å². The van der Waals surface area contributed by atoms with Crippen LogP contribution in [-0.2, 0) is 4.79 Å². The van der Waals surface area contributed by atoms with Gasteiger partial charge in [0.2, 0.25) is 5.91 Å². The van der Waals surface area contributed by atoms with Gasteiger partial charge in [-0.05, 0) is 48.4 Å². The van der Waals surface area contributed by atoms with Crippen molar-refractivity contribution in [3.63, 3.8) is 0 Å². The van der Waals surface area contributed by atoms with Gasteiger partial charge in [-0.1, -0.05) is 18.5 Å². The maximum absolute atomic E-state index is 12.2. The normalized spacial score (nSPS) is 18.1. The standard InChI is InChI=1S/C16H21ClN2O2/c1-2-16(12-20)6-9-19(10-7-16)15(21)4-3-13-5-8-18-14(17)11-13/h3-5,8,11,20H,2,6-7,9-10,12H2,1H3/b4-3+. The van der Waals surface area contributed by atoms with E-state index in [1.54, 1.807) is 30.5 Å². The first-order valence-corrected chi connectivity index (χ1v) is 7.66. The number of carbonyl (C=O) groups is 1. The monoisotopic (exact) mass is 308 g/mol. The predicted molar refractivity (Wildman–Crippen MR) is 83.9 cm³/mol. The maximum atomic E-state index is 12.2. The Hall–Kier alpha value is -1.39. The third kappa shape index (κ3) is 4.05. The van der Waals surface area contributed by atoms with E-state index in [2.05, 4.69) is 11.9 Å². The molecule has 1 saturated heterocycles. The highest BCUT2D eigenvalue weighted by Gasteiger charge is 2.33. The number of rotatable bonds is 4. The van der Waals surface area contributed by atoms with Gasteiger partial charge >= 0.3 is 0 Å². The van der Waals surface area contributed by atoms with Crippen LogP contribution in [0, 0.1) is 5.41 Å². The molecule has 0 saturated carbocycles. The van der Waals surface area contributed by atoms with E-state index in [0.29, 0.717) is 18.2 Å². The van der Waals surface area contributed by atoms with Gasteiger partial charge in [0, 0.05) is 32.0 Å². The Labute approximate surface area is 130 Å². The number of piperidine rings is 1. The number of hydrogen-bond donors (Lipinski definition) is 1. The largest absolute Gasteiger partial charge is 0.396 e. The minimum Gasteiger partial charge on any atom is -0.396 e. The fourth-order valence-corrected chi connectivity index (χ4v) is 2.80. The molecule has 1 fully saturated rings.